The summed E-state index contributed by atoms with van der Waals surface area (Å²) in [7, 11) is 3.31. The Morgan fingerprint density at radius 2 is 1.78 bits per heavy atom. The number of hydrogen-bond acceptors (Lipinski definition) is 5. The molecule has 0 amide bonds. The van der Waals surface area contributed by atoms with Crippen LogP contribution in [0, 0.1) is 11.8 Å². The Kier molecular flexibility index (Phi) is 6.13. The molecule has 23 heavy (non-hydrogen) atoms. The van der Waals surface area contributed by atoms with Crippen molar-refractivity contribution >= 4 is 5.69 Å². The van der Waals surface area contributed by atoms with E-state index in [1.165, 1.54) is 0 Å². The molecule has 1 aromatic rings. The van der Waals surface area contributed by atoms with Gasteiger partial charge in [0.1, 0.15) is 11.5 Å². The van der Waals surface area contributed by atoms with Gasteiger partial charge in [-0.3, -0.25) is 0 Å². The van der Waals surface area contributed by atoms with E-state index in [1.54, 1.807) is 14.2 Å². The molecule has 1 aromatic carbocycles. The van der Waals surface area contributed by atoms with Gasteiger partial charge in [-0.05, 0) is 24.7 Å². The molecule has 3 N–H and O–H groups in total. The lowest BCUT2D eigenvalue weighted by Gasteiger charge is -2.39. The van der Waals surface area contributed by atoms with Crippen LogP contribution >= 0.6 is 0 Å². The maximum absolute atomic E-state index is 10.2. The highest BCUT2D eigenvalue weighted by molar-refractivity contribution is 5.56. The molecule has 0 aromatic heterocycles. The first-order valence-electron chi connectivity index (χ1n) is 8.34. The lowest BCUT2D eigenvalue weighted by molar-refractivity contribution is 0.0922. The van der Waals surface area contributed by atoms with Crippen molar-refractivity contribution in [2.75, 3.05) is 32.2 Å². The molecule has 1 aliphatic rings. The summed E-state index contributed by atoms with van der Waals surface area (Å²) in [5.74, 6) is 2.22. The van der Waals surface area contributed by atoms with E-state index >= 15 is 0 Å². The van der Waals surface area contributed by atoms with E-state index in [1.807, 2.05) is 18.2 Å². The molecule has 0 bridgehead atoms. The second-order valence-corrected chi connectivity index (χ2v) is 6.88. The van der Waals surface area contributed by atoms with Gasteiger partial charge >= 0.3 is 0 Å². The van der Waals surface area contributed by atoms with E-state index in [2.05, 4.69) is 18.7 Å². The van der Waals surface area contributed by atoms with Crippen molar-refractivity contribution in [1.29, 1.82) is 0 Å². The van der Waals surface area contributed by atoms with Gasteiger partial charge in [-0.2, -0.15) is 0 Å². The Morgan fingerprint density at radius 3 is 2.30 bits per heavy atom. The largest absolute Gasteiger partial charge is 0.497 e. The van der Waals surface area contributed by atoms with Gasteiger partial charge in [-0.25, -0.2) is 0 Å². The maximum Gasteiger partial charge on any atom is 0.124 e. The molecule has 2 rings (SSSR count). The third-order valence-corrected chi connectivity index (χ3v) is 4.62. The molecular weight excluding hydrogens is 292 g/mol. The number of nitrogens with zero attached hydrogens (tertiary/aromatic N) is 1. The Labute approximate surface area is 139 Å². The summed E-state index contributed by atoms with van der Waals surface area (Å²) in [4.78, 5) is 2.27. The predicted octanol–water partition coefficient (Wildman–Crippen LogP) is 2.26. The zero-order valence-corrected chi connectivity index (χ0v) is 14.7. The smallest absolute Gasteiger partial charge is 0.124 e. The van der Waals surface area contributed by atoms with Crippen molar-refractivity contribution in [2.45, 2.75) is 38.8 Å². The van der Waals surface area contributed by atoms with E-state index in [0.29, 0.717) is 5.92 Å². The highest BCUT2D eigenvalue weighted by atomic mass is 16.5. The van der Waals surface area contributed by atoms with Gasteiger partial charge in [-0.1, -0.05) is 13.8 Å². The quantitative estimate of drug-likeness (QED) is 0.841. The summed E-state index contributed by atoms with van der Waals surface area (Å²) in [6.07, 6.45) is 1.48. The van der Waals surface area contributed by atoms with Crippen LogP contribution in [0.3, 0.4) is 0 Å². The first-order chi connectivity index (χ1) is 10.9. The third kappa shape index (κ3) is 4.75. The number of piperidine rings is 1. The molecular formula is C18H30N2O3. The van der Waals surface area contributed by atoms with Crippen LogP contribution in [-0.4, -0.2) is 44.6 Å². The van der Waals surface area contributed by atoms with Crippen molar-refractivity contribution in [2.24, 2.45) is 17.6 Å². The fourth-order valence-corrected chi connectivity index (χ4v) is 3.22. The summed E-state index contributed by atoms with van der Waals surface area (Å²) >= 11 is 0. The molecule has 3 unspecified atom stereocenters. The molecule has 5 heteroatoms. The number of nitrogens with two attached hydrogens (primary N) is 1. The number of hydrogen-bond donors (Lipinski definition) is 2. The van der Waals surface area contributed by atoms with Crippen LogP contribution in [0.5, 0.6) is 11.5 Å². The van der Waals surface area contributed by atoms with Gasteiger partial charge < -0.3 is 25.2 Å². The molecule has 5 nitrogen and oxygen atoms in total. The molecule has 1 fully saturated rings. The molecule has 130 valence electrons. The molecule has 1 saturated heterocycles. The van der Waals surface area contributed by atoms with Crippen LogP contribution in [0.1, 0.15) is 26.7 Å². The number of anilines is 1. The van der Waals surface area contributed by atoms with Crippen molar-refractivity contribution in [3.05, 3.63) is 18.2 Å². The van der Waals surface area contributed by atoms with E-state index in [0.717, 1.165) is 43.1 Å². The molecule has 0 saturated carbocycles. The Bertz CT molecular complexity index is 485. The van der Waals surface area contributed by atoms with Gasteiger partial charge in [0.25, 0.3) is 0 Å². The lowest BCUT2D eigenvalue weighted by Crippen LogP contribution is -2.48. The second kappa shape index (κ2) is 7.88. The Morgan fingerprint density at radius 1 is 1.17 bits per heavy atom. The van der Waals surface area contributed by atoms with Gasteiger partial charge in [0.05, 0.1) is 20.3 Å². The molecule has 0 spiro atoms. The minimum Gasteiger partial charge on any atom is -0.497 e. The number of benzene rings is 1. The molecule has 0 radical (unpaired) electrons. The fraction of sp³-hybridized carbons (Fsp3) is 0.667. The zero-order valence-electron chi connectivity index (χ0n) is 14.7. The van der Waals surface area contributed by atoms with Gasteiger partial charge in [-0.15, -0.1) is 0 Å². The fourth-order valence-electron chi connectivity index (χ4n) is 3.22. The predicted molar refractivity (Wildman–Crippen MR) is 93.3 cm³/mol. The molecule has 1 heterocycles. The highest BCUT2D eigenvalue weighted by Crippen LogP contribution is 2.32. The first kappa shape index (κ1) is 17.9. The van der Waals surface area contributed by atoms with E-state index < -0.39 is 0 Å². The van der Waals surface area contributed by atoms with E-state index in [-0.39, 0.29) is 18.1 Å². The normalized spacial score (nSPS) is 23.0. The zero-order chi connectivity index (χ0) is 17.0. The SMILES string of the molecule is COc1cc(OC)cc(N2CC(N)CC(CC(O)C(C)C)C2)c1. The highest BCUT2D eigenvalue weighted by Gasteiger charge is 2.28. The second-order valence-electron chi connectivity index (χ2n) is 6.88. The van der Waals surface area contributed by atoms with Crippen molar-refractivity contribution in [3.63, 3.8) is 0 Å². The number of aliphatic hydroxyl groups is 1. The minimum absolute atomic E-state index is 0.116. The van der Waals surface area contributed by atoms with Crippen LogP contribution in [-0.2, 0) is 0 Å². The third-order valence-electron chi connectivity index (χ3n) is 4.62. The van der Waals surface area contributed by atoms with Crippen molar-refractivity contribution < 1.29 is 14.6 Å². The summed E-state index contributed by atoms with van der Waals surface area (Å²) in [6, 6.07) is 6.01. The Balaban J connectivity index is 2.15. The summed E-state index contributed by atoms with van der Waals surface area (Å²) < 4.78 is 10.7. The number of rotatable bonds is 6. The minimum atomic E-state index is -0.271. The van der Waals surface area contributed by atoms with Gasteiger partial charge in [0, 0.05) is 43.0 Å². The van der Waals surface area contributed by atoms with E-state index in [4.69, 9.17) is 15.2 Å². The summed E-state index contributed by atoms with van der Waals surface area (Å²) in [5, 5.41) is 10.2. The van der Waals surface area contributed by atoms with Crippen molar-refractivity contribution in [1.82, 2.24) is 0 Å². The van der Waals surface area contributed by atoms with Gasteiger partial charge in [0.15, 0.2) is 0 Å². The monoisotopic (exact) mass is 322 g/mol. The topological polar surface area (TPSA) is 68.0 Å². The van der Waals surface area contributed by atoms with Crippen LogP contribution in [0.2, 0.25) is 0 Å². The lowest BCUT2D eigenvalue weighted by atomic mass is 9.87. The number of ether oxygens (including phenoxy) is 2. The van der Waals surface area contributed by atoms with Crippen LogP contribution in [0.4, 0.5) is 5.69 Å². The van der Waals surface area contributed by atoms with Gasteiger partial charge in [0.2, 0.25) is 0 Å². The number of methoxy groups -OCH3 is 2. The maximum atomic E-state index is 10.2. The molecule has 3 atom stereocenters. The first-order valence-corrected chi connectivity index (χ1v) is 8.34. The average Bonchev–Trinajstić information content (AvgIpc) is 2.53. The van der Waals surface area contributed by atoms with E-state index in [9.17, 15) is 5.11 Å². The molecule has 0 aliphatic carbocycles. The number of aliphatic hydroxyl groups excluding tert-OH is 1. The summed E-state index contributed by atoms with van der Waals surface area (Å²) in [5.41, 5.74) is 7.32. The molecule has 1 aliphatic heterocycles. The Hall–Kier alpha value is -1.46. The van der Waals surface area contributed by atoms with Crippen LogP contribution < -0.4 is 20.1 Å². The van der Waals surface area contributed by atoms with Crippen molar-refractivity contribution in [3.8, 4) is 11.5 Å². The van der Waals surface area contributed by atoms with Crippen LogP contribution in [0.25, 0.3) is 0 Å². The average molecular weight is 322 g/mol. The standard InChI is InChI=1S/C18H30N2O3/c1-12(2)18(21)6-13-5-14(19)11-20(10-13)15-7-16(22-3)9-17(8-15)23-4/h7-9,12-14,18,21H,5-6,10-11,19H2,1-4H3. The van der Waals surface area contributed by atoms with Crippen LogP contribution in [0.15, 0.2) is 18.2 Å². The summed E-state index contributed by atoms with van der Waals surface area (Å²) in [6.45, 7) is 5.81.